The van der Waals surface area contributed by atoms with Crippen LogP contribution < -0.4 is 4.72 Å². The van der Waals surface area contributed by atoms with Gasteiger partial charge in [0.05, 0.1) is 28.5 Å². The topological polar surface area (TPSA) is 72.5 Å². The van der Waals surface area contributed by atoms with Crippen LogP contribution in [0.2, 0.25) is 10.0 Å². The highest BCUT2D eigenvalue weighted by atomic mass is 35.5. The normalized spacial score (nSPS) is 11.1. The van der Waals surface area contributed by atoms with Crippen molar-refractivity contribution in [2.45, 2.75) is 6.42 Å². The molecule has 1 N–H and O–H groups in total. The molecular weight excluding hydrogens is 373 g/mol. The molecule has 5 nitrogen and oxygen atoms in total. The van der Waals surface area contributed by atoms with Crippen LogP contribution in [0, 0.1) is 0 Å². The molecule has 0 radical (unpaired) electrons. The molecule has 0 aliphatic rings. The van der Waals surface area contributed by atoms with Crippen LogP contribution in [0.5, 0.6) is 0 Å². The molecule has 0 bridgehead atoms. The molecule has 2 aromatic rings. The first kappa shape index (κ1) is 18.6. The van der Waals surface area contributed by atoms with E-state index < -0.39 is 16.0 Å². The highest BCUT2D eigenvalue weighted by molar-refractivity contribution is 7.92. The third-order valence-corrected chi connectivity index (χ3v) is 5.38. The lowest BCUT2D eigenvalue weighted by Gasteiger charge is -2.10. The van der Waals surface area contributed by atoms with Crippen LogP contribution in [-0.2, 0) is 21.2 Å². The summed E-state index contributed by atoms with van der Waals surface area (Å²) in [5.41, 5.74) is 1.20. The molecule has 128 valence electrons. The Morgan fingerprint density at radius 3 is 2.58 bits per heavy atom. The highest BCUT2D eigenvalue weighted by Gasteiger charge is 2.14. The molecule has 0 unspecified atom stereocenters. The van der Waals surface area contributed by atoms with E-state index in [9.17, 15) is 13.2 Å². The van der Waals surface area contributed by atoms with E-state index in [1.807, 2.05) is 0 Å². The maximum atomic E-state index is 12.2. The predicted molar refractivity (Wildman–Crippen MR) is 95.4 cm³/mol. The van der Waals surface area contributed by atoms with E-state index in [1.165, 1.54) is 19.2 Å². The second-order valence-corrected chi connectivity index (χ2v) is 7.58. The van der Waals surface area contributed by atoms with Gasteiger partial charge in [-0.1, -0.05) is 41.4 Å². The zero-order chi connectivity index (χ0) is 17.7. The van der Waals surface area contributed by atoms with Crippen molar-refractivity contribution in [3.05, 3.63) is 63.6 Å². The van der Waals surface area contributed by atoms with Gasteiger partial charge in [0.15, 0.2) is 0 Å². The van der Waals surface area contributed by atoms with Gasteiger partial charge in [0.1, 0.15) is 0 Å². The van der Waals surface area contributed by atoms with Crippen molar-refractivity contribution in [2.24, 2.45) is 0 Å². The van der Waals surface area contributed by atoms with E-state index in [0.717, 1.165) is 0 Å². The smallest absolute Gasteiger partial charge is 0.337 e. The van der Waals surface area contributed by atoms with E-state index in [-0.39, 0.29) is 23.4 Å². The molecule has 0 spiro atoms. The summed E-state index contributed by atoms with van der Waals surface area (Å²) in [7, 11) is -2.36. The molecule has 0 fully saturated rings. The number of hydrogen-bond acceptors (Lipinski definition) is 4. The lowest BCUT2D eigenvalue weighted by molar-refractivity contribution is 0.0601. The number of halogens is 2. The van der Waals surface area contributed by atoms with Crippen LogP contribution in [0.15, 0.2) is 42.5 Å². The Bertz CT molecular complexity index is 853. The standard InChI is InChI=1S/C16H15Cl2NO4S/c1-23-16(20)12-5-2-6-13(10-12)19-24(21,22)9-8-11-4-3-7-14(17)15(11)18/h2-7,10,19H,8-9H2,1H3. The summed E-state index contributed by atoms with van der Waals surface area (Å²) in [6, 6.07) is 11.1. The van der Waals surface area contributed by atoms with Gasteiger partial charge in [0.25, 0.3) is 0 Å². The second kappa shape index (κ2) is 7.88. The van der Waals surface area contributed by atoms with Gasteiger partial charge in [-0.05, 0) is 36.2 Å². The van der Waals surface area contributed by atoms with E-state index in [4.69, 9.17) is 23.2 Å². The molecule has 0 heterocycles. The van der Waals surface area contributed by atoms with Gasteiger partial charge < -0.3 is 4.74 Å². The molecular formula is C16H15Cl2NO4S. The van der Waals surface area contributed by atoms with Crippen molar-refractivity contribution in [3.8, 4) is 0 Å². The molecule has 0 aromatic heterocycles. The Balaban J connectivity index is 2.09. The number of carbonyl (C=O) groups is 1. The van der Waals surface area contributed by atoms with Crippen LogP contribution in [0.25, 0.3) is 0 Å². The van der Waals surface area contributed by atoms with Crippen LogP contribution in [-0.4, -0.2) is 27.2 Å². The number of anilines is 1. The Hall–Kier alpha value is -1.76. The zero-order valence-corrected chi connectivity index (χ0v) is 15.1. The quantitative estimate of drug-likeness (QED) is 0.765. The lowest BCUT2D eigenvalue weighted by atomic mass is 10.2. The number of sulfonamides is 1. The van der Waals surface area contributed by atoms with E-state index in [2.05, 4.69) is 9.46 Å². The summed E-state index contributed by atoms with van der Waals surface area (Å²) < 4.78 is 31.5. The molecule has 2 rings (SSSR count). The third-order valence-electron chi connectivity index (χ3n) is 3.23. The fourth-order valence-electron chi connectivity index (χ4n) is 2.04. The maximum absolute atomic E-state index is 12.2. The monoisotopic (exact) mass is 387 g/mol. The fourth-order valence-corrected chi connectivity index (χ4v) is 3.54. The largest absolute Gasteiger partial charge is 0.465 e. The van der Waals surface area contributed by atoms with Crippen LogP contribution in [0.1, 0.15) is 15.9 Å². The van der Waals surface area contributed by atoms with Crippen LogP contribution >= 0.6 is 23.2 Å². The van der Waals surface area contributed by atoms with Crippen molar-refractivity contribution < 1.29 is 17.9 Å². The first-order chi connectivity index (χ1) is 11.3. The number of benzene rings is 2. The average molecular weight is 388 g/mol. The summed E-state index contributed by atoms with van der Waals surface area (Å²) >= 11 is 12.0. The van der Waals surface area contributed by atoms with Crippen molar-refractivity contribution >= 4 is 44.9 Å². The predicted octanol–water partition coefficient (Wildman–Crippen LogP) is 3.76. The van der Waals surface area contributed by atoms with Gasteiger partial charge in [-0.3, -0.25) is 4.72 Å². The minimum Gasteiger partial charge on any atom is -0.465 e. The van der Waals surface area contributed by atoms with Crippen LogP contribution in [0.3, 0.4) is 0 Å². The summed E-state index contributed by atoms with van der Waals surface area (Å²) in [6.07, 6.45) is 0.214. The average Bonchev–Trinajstić information content (AvgIpc) is 2.55. The van der Waals surface area contributed by atoms with Crippen molar-refractivity contribution in [2.75, 3.05) is 17.6 Å². The molecule has 0 saturated heterocycles. The Kier molecular flexibility index (Phi) is 6.10. The van der Waals surface area contributed by atoms with E-state index >= 15 is 0 Å². The maximum Gasteiger partial charge on any atom is 0.337 e. The van der Waals surface area contributed by atoms with Gasteiger partial charge in [0.2, 0.25) is 10.0 Å². The number of ether oxygens (including phenoxy) is 1. The fraction of sp³-hybridized carbons (Fsp3) is 0.188. The van der Waals surface area contributed by atoms with Gasteiger partial charge in [-0.2, -0.15) is 0 Å². The summed E-state index contributed by atoms with van der Waals surface area (Å²) in [5, 5.41) is 0.729. The third kappa shape index (κ3) is 4.87. The van der Waals surface area contributed by atoms with Crippen LogP contribution in [0.4, 0.5) is 5.69 Å². The molecule has 0 aliphatic carbocycles. The van der Waals surface area contributed by atoms with Crippen molar-refractivity contribution in [1.82, 2.24) is 0 Å². The van der Waals surface area contributed by atoms with Crippen molar-refractivity contribution in [1.29, 1.82) is 0 Å². The molecule has 0 amide bonds. The van der Waals surface area contributed by atoms with Crippen molar-refractivity contribution in [3.63, 3.8) is 0 Å². The molecule has 0 atom stereocenters. The summed E-state index contributed by atoms with van der Waals surface area (Å²) in [4.78, 5) is 11.5. The number of nitrogens with one attached hydrogen (secondary N) is 1. The molecule has 2 aromatic carbocycles. The number of carbonyl (C=O) groups excluding carboxylic acids is 1. The number of aryl methyl sites for hydroxylation is 1. The molecule has 0 aliphatic heterocycles. The minimum atomic E-state index is -3.62. The molecule has 0 saturated carbocycles. The van der Waals surface area contributed by atoms with Gasteiger partial charge >= 0.3 is 5.97 Å². The first-order valence-electron chi connectivity index (χ1n) is 6.94. The van der Waals surface area contributed by atoms with E-state index in [0.29, 0.717) is 15.6 Å². The van der Waals surface area contributed by atoms with Gasteiger partial charge in [-0.15, -0.1) is 0 Å². The number of methoxy groups -OCH3 is 1. The SMILES string of the molecule is COC(=O)c1cccc(NS(=O)(=O)CCc2cccc(Cl)c2Cl)c1. The highest BCUT2D eigenvalue weighted by Crippen LogP contribution is 2.26. The zero-order valence-electron chi connectivity index (χ0n) is 12.8. The lowest BCUT2D eigenvalue weighted by Crippen LogP contribution is -2.18. The number of rotatable bonds is 6. The molecule has 8 heteroatoms. The minimum absolute atomic E-state index is 0.171. The van der Waals surface area contributed by atoms with Gasteiger partial charge in [0, 0.05) is 5.69 Å². The van der Waals surface area contributed by atoms with Gasteiger partial charge in [-0.25, -0.2) is 13.2 Å². The summed E-state index contributed by atoms with van der Waals surface area (Å²) in [5.74, 6) is -0.711. The Labute approximate surface area is 150 Å². The molecule has 24 heavy (non-hydrogen) atoms. The number of esters is 1. The Morgan fingerprint density at radius 2 is 1.88 bits per heavy atom. The summed E-state index contributed by atoms with van der Waals surface area (Å²) in [6.45, 7) is 0. The Morgan fingerprint density at radius 1 is 1.17 bits per heavy atom. The second-order valence-electron chi connectivity index (χ2n) is 4.96. The number of hydrogen-bond donors (Lipinski definition) is 1. The first-order valence-corrected chi connectivity index (χ1v) is 9.35. The van der Waals surface area contributed by atoms with E-state index in [1.54, 1.807) is 30.3 Å².